The number of ether oxygens (including phenoxy) is 1. The lowest BCUT2D eigenvalue weighted by atomic mass is 10.2. The molecule has 0 unspecified atom stereocenters. The Kier molecular flexibility index (Phi) is 4.82. The van der Waals surface area contributed by atoms with Gasteiger partial charge in [0.15, 0.2) is 0 Å². The zero-order valence-corrected chi connectivity index (χ0v) is 12.8. The Bertz CT molecular complexity index is 697. The van der Waals surface area contributed by atoms with Crippen LogP contribution in [0.5, 0.6) is 5.75 Å². The molecule has 0 amide bonds. The predicted molar refractivity (Wildman–Crippen MR) is 83.0 cm³/mol. The van der Waals surface area contributed by atoms with E-state index in [1.165, 1.54) is 0 Å². The van der Waals surface area contributed by atoms with Crippen LogP contribution in [-0.2, 0) is 16.6 Å². The third-order valence-electron chi connectivity index (χ3n) is 3.10. The van der Waals surface area contributed by atoms with Crippen LogP contribution in [0.2, 0.25) is 0 Å². The normalized spacial score (nSPS) is 11.1. The topological polar surface area (TPSA) is 67.4 Å². The van der Waals surface area contributed by atoms with Crippen molar-refractivity contribution in [3.8, 4) is 5.75 Å². The minimum Gasteiger partial charge on any atom is -0.496 e. The van der Waals surface area contributed by atoms with Crippen molar-refractivity contribution < 1.29 is 13.2 Å². The summed E-state index contributed by atoms with van der Waals surface area (Å²) >= 11 is 0. The summed E-state index contributed by atoms with van der Waals surface area (Å²) < 4.78 is 32.2. The molecule has 0 atom stereocenters. The fourth-order valence-corrected chi connectivity index (χ4v) is 2.91. The molecule has 0 aromatic heterocycles. The summed E-state index contributed by atoms with van der Waals surface area (Å²) in [6, 6.07) is 13.9. The maximum absolute atomic E-state index is 12.2. The number of para-hydroxylation sites is 1. The third-order valence-corrected chi connectivity index (χ3v) is 4.52. The van der Waals surface area contributed by atoms with Gasteiger partial charge in [0, 0.05) is 24.8 Å². The smallest absolute Gasteiger partial charge is 0.240 e. The first-order chi connectivity index (χ1) is 10.1. The molecule has 0 aliphatic rings. The van der Waals surface area contributed by atoms with Gasteiger partial charge in [-0.05, 0) is 30.3 Å². The highest BCUT2D eigenvalue weighted by Crippen LogP contribution is 2.18. The molecule has 0 aliphatic carbocycles. The average molecular weight is 306 g/mol. The van der Waals surface area contributed by atoms with E-state index in [-0.39, 0.29) is 11.4 Å². The van der Waals surface area contributed by atoms with Crippen molar-refractivity contribution in [2.75, 3.05) is 19.5 Å². The Morgan fingerprint density at radius 2 is 1.71 bits per heavy atom. The molecule has 0 bridgehead atoms. The molecule has 6 heteroatoms. The van der Waals surface area contributed by atoms with E-state index in [1.54, 1.807) is 44.5 Å². The first-order valence-electron chi connectivity index (χ1n) is 6.46. The van der Waals surface area contributed by atoms with Crippen molar-refractivity contribution in [2.24, 2.45) is 0 Å². The standard InChI is InChI=1S/C15H18N2O3S/c1-16-13-7-9-14(10-8-13)21(18,19)17-11-12-5-3-4-6-15(12)20-2/h3-10,16-17H,11H2,1-2H3. The van der Waals surface area contributed by atoms with Crippen LogP contribution >= 0.6 is 0 Å². The number of sulfonamides is 1. The average Bonchev–Trinajstić information content (AvgIpc) is 2.53. The number of benzene rings is 2. The lowest BCUT2D eigenvalue weighted by molar-refractivity contribution is 0.409. The van der Waals surface area contributed by atoms with Gasteiger partial charge in [-0.1, -0.05) is 18.2 Å². The van der Waals surface area contributed by atoms with Gasteiger partial charge in [-0.3, -0.25) is 0 Å². The number of anilines is 1. The maximum Gasteiger partial charge on any atom is 0.240 e. The molecule has 0 heterocycles. The van der Waals surface area contributed by atoms with Crippen LogP contribution in [0.3, 0.4) is 0 Å². The summed E-state index contributed by atoms with van der Waals surface area (Å²) in [4.78, 5) is 0.233. The minimum atomic E-state index is -3.54. The summed E-state index contributed by atoms with van der Waals surface area (Å²) in [6.45, 7) is 0.181. The second kappa shape index (κ2) is 6.60. The predicted octanol–water partition coefficient (Wildman–Crippen LogP) is 2.22. The molecule has 2 aromatic carbocycles. The third kappa shape index (κ3) is 3.74. The van der Waals surface area contributed by atoms with Gasteiger partial charge in [0.2, 0.25) is 10.0 Å². The minimum absolute atomic E-state index is 0.181. The molecule has 5 nitrogen and oxygen atoms in total. The molecule has 2 rings (SSSR count). The van der Waals surface area contributed by atoms with Gasteiger partial charge in [0.25, 0.3) is 0 Å². The van der Waals surface area contributed by atoms with Crippen LogP contribution < -0.4 is 14.8 Å². The van der Waals surface area contributed by atoms with Crippen molar-refractivity contribution in [3.63, 3.8) is 0 Å². The van der Waals surface area contributed by atoms with E-state index in [0.717, 1.165) is 11.3 Å². The first-order valence-corrected chi connectivity index (χ1v) is 7.94. The van der Waals surface area contributed by atoms with Crippen molar-refractivity contribution in [1.82, 2.24) is 4.72 Å². The number of hydrogen-bond donors (Lipinski definition) is 2. The Morgan fingerprint density at radius 3 is 2.33 bits per heavy atom. The Morgan fingerprint density at radius 1 is 1.05 bits per heavy atom. The highest BCUT2D eigenvalue weighted by Gasteiger charge is 2.14. The summed E-state index contributed by atoms with van der Waals surface area (Å²) in [6.07, 6.45) is 0. The van der Waals surface area contributed by atoms with Gasteiger partial charge in [0.05, 0.1) is 12.0 Å². The van der Waals surface area contributed by atoms with Crippen LogP contribution in [0, 0.1) is 0 Å². The van der Waals surface area contributed by atoms with E-state index in [1.807, 2.05) is 18.2 Å². The molecule has 0 saturated heterocycles. The first kappa shape index (κ1) is 15.3. The molecule has 21 heavy (non-hydrogen) atoms. The van der Waals surface area contributed by atoms with Crippen molar-refractivity contribution in [1.29, 1.82) is 0 Å². The van der Waals surface area contributed by atoms with Crippen molar-refractivity contribution in [2.45, 2.75) is 11.4 Å². The molecular weight excluding hydrogens is 288 g/mol. The lowest BCUT2D eigenvalue weighted by Crippen LogP contribution is -2.23. The maximum atomic E-state index is 12.2. The summed E-state index contributed by atoms with van der Waals surface area (Å²) in [5.74, 6) is 0.658. The van der Waals surface area contributed by atoms with E-state index < -0.39 is 10.0 Å². The van der Waals surface area contributed by atoms with Crippen LogP contribution in [0.15, 0.2) is 53.4 Å². The molecule has 0 saturated carbocycles. The molecule has 0 spiro atoms. The Balaban J connectivity index is 2.13. The van der Waals surface area contributed by atoms with Crippen molar-refractivity contribution >= 4 is 15.7 Å². The quantitative estimate of drug-likeness (QED) is 0.858. The highest BCUT2D eigenvalue weighted by atomic mass is 32.2. The summed E-state index contributed by atoms with van der Waals surface area (Å²) in [5.41, 5.74) is 1.65. The number of methoxy groups -OCH3 is 1. The van der Waals surface area contributed by atoms with E-state index >= 15 is 0 Å². The fourth-order valence-electron chi connectivity index (χ4n) is 1.91. The van der Waals surface area contributed by atoms with Crippen LogP contribution in [0.25, 0.3) is 0 Å². The van der Waals surface area contributed by atoms with Crippen LogP contribution in [0.4, 0.5) is 5.69 Å². The number of hydrogen-bond acceptors (Lipinski definition) is 4. The van der Waals surface area contributed by atoms with Gasteiger partial charge in [-0.25, -0.2) is 13.1 Å². The second-order valence-corrected chi connectivity index (χ2v) is 6.18. The van der Waals surface area contributed by atoms with Gasteiger partial charge in [-0.2, -0.15) is 0 Å². The molecule has 0 radical (unpaired) electrons. The van der Waals surface area contributed by atoms with E-state index in [4.69, 9.17) is 4.74 Å². The molecule has 2 aromatic rings. The highest BCUT2D eigenvalue weighted by molar-refractivity contribution is 7.89. The Labute approximate surface area is 125 Å². The fraction of sp³-hybridized carbons (Fsp3) is 0.200. The SMILES string of the molecule is CNc1ccc(S(=O)(=O)NCc2ccccc2OC)cc1. The zero-order valence-electron chi connectivity index (χ0n) is 12.0. The zero-order chi connectivity index (χ0) is 15.3. The monoisotopic (exact) mass is 306 g/mol. The van der Waals surface area contributed by atoms with Crippen molar-refractivity contribution in [3.05, 3.63) is 54.1 Å². The molecule has 0 fully saturated rings. The number of rotatable bonds is 6. The lowest BCUT2D eigenvalue weighted by Gasteiger charge is -2.10. The second-order valence-electron chi connectivity index (χ2n) is 4.41. The Hall–Kier alpha value is -2.05. The number of nitrogens with one attached hydrogen (secondary N) is 2. The van der Waals surface area contributed by atoms with Crippen LogP contribution in [0.1, 0.15) is 5.56 Å². The van der Waals surface area contributed by atoms with Gasteiger partial charge < -0.3 is 10.1 Å². The molecule has 0 aliphatic heterocycles. The van der Waals surface area contributed by atoms with Crippen LogP contribution in [-0.4, -0.2) is 22.6 Å². The van der Waals surface area contributed by atoms with Gasteiger partial charge in [0.1, 0.15) is 5.75 Å². The summed E-state index contributed by atoms with van der Waals surface area (Å²) in [5, 5.41) is 2.95. The largest absolute Gasteiger partial charge is 0.496 e. The summed E-state index contributed by atoms with van der Waals surface area (Å²) in [7, 11) is -0.201. The van der Waals surface area contributed by atoms with E-state index in [0.29, 0.717) is 5.75 Å². The van der Waals surface area contributed by atoms with E-state index in [2.05, 4.69) is 10.0 Å². The molecular formula is C15H18N2O3S. The van der Waals surface area contributed by atoms with E-state index in [9.17, 15) is 8.42 Å². The van der Waals surface area contributed by atoms with Gasteiger partial charge in [-0.15, -0.1) is 0 Å². The van der Waals surface area contributed by atoms with Gasteiger partial charge >= 0.3 is 0 Å². The molecule has 112 valence electrons. The molecule has 2 N–H and O–H groups in total.